The first-order chi connectivity index (χ1) is 17.1. The number of rotatable bonds is 8. The van der Waals surface area contributed by atoms with E-state index in [4.69, 9.17) is 0 Å². The van der Waals surface area contributed by atoms with Crippen LogP contribution in [-0.2, 0) is 13.1 Å². The molecule has 0 aliphatic carbocycles. The quantitative estimate of drug-likeness (QED) is 0.346. The lowest BCUT2D eigenvalue weighted by molar-refractivity contribution is 0.620. The van der Waals surface area contributed by atoms with E-state index in [0.717, 1.165) is 39.9 Å². The number of tetrazole rings is 1. The maximum atomic E-state index is 13.4. The molecular weight excluding hydrogens is 436 g/mol. The fourth-order valence-corrected chi connectivity index (χ4v) is 4.39. The zero-order valence-electron chi connectivity index (χ0n) is 19.9. The first kappa shape index (κ1) is 22.5. The van der Waals surface area contributed by atoms with Gasteiger partial charge in [-0.05, 0) is 45.0 Å². The first-order valence-electron chi connectivity index (χ1n) is 11.9. The third-order valence-electron chi connectivity index (χ3n) is 6.52. The summed E-state index contributed by atoms with van der Waals surface area (Å²) in [5.74, 6) is 0.926. The van der Waals surface area contributed by atoms with Crippen molar-refractivity contribution in [3.63, 3.8) is 0 Å². The van der Waals surface area contributed by atoms with Crippen molar-refractivity contribution in [3.05, 3.63) is 112 Å². The molecule has 0 aliphatic heterocycles. The highest BCUT2D eigenvalue weighted by molar-refractivity contribution is 5.80. The number of H-pyrrole nitrogens is 1. The van der Waals surface area contributed by atoms with Gasteiger partial charge in [-0.1, -0.05) is 92.7 Å². The van der Waals surface area contributed by atoms with Crippen LogP contribution in [0.25, 0.3) is 22.5 Å². The summed E-state index contributed by atoms with van der Waals surface area (Å²) in [4.78, 5) is 13.4. The lowest BCUT2D eigenvalue weighted by Gasteiger charge is -2.13. The third-order valence-corrected chi connectivity index (χ3v) is 6.52. The van der Waals surface area contributed by atoms with E-state index in [1.807, 2.05) is 51.7 Å². The van der Waals surface area contributed by atoms with Crippen LogP contribution in [0.3, 0.4) is 0 Å². The van der Waals surface area contributed by atoms with Gasteiger partial charge in [0.25, 0.3) is 0 Å². The second kappa shape index (κ2) is 9.93. The predicted octanol–water partition coefficient (Wildman–Crippen LogP) is 5.11. The Morgan fingerprint density at radius 1 is 0.857 bits per heavy atom. The second-order valence-electron chi connectivity index (χ2n) is 8.84. The van der Waals surface area contributed by atoms with Crippen molar-refractivity contribution in [2.75, 3.05) is 0 Å². The molecule has 1 N–H and O–H groups in total. The summed E-state index contributed by atoms with van der Waals surface area (Å²) in [5, 5.41) is 14.3. The fourth-order valence-electron chi connectivity index (χ4n) is 4.39. The molecule has 3 aromatic carbocycles. The van der Waals surface area contributed by atoms with Gasteiger partial charge in [0.05, 0.1) is 13.1 Å². The molecule has 0 saturated heterocycles. The van der Waals surface area contributed by atoms with E-state index in [1.54, 1.807) is 0 Å². The fraction of sp³-hybridized carbons (Fsp3) is 0.214. The van der Waals surface area contributed by atoms with Crippen molar-refractivity contribution < 1.29 is 0 Å². The Morgan fingerprint density at radius 2 is 1.54 bits per heavy atom. The number of aromatic nitrogens is 6. The Kier molecular flexibility index (Phi) is 6.39. The molecule has 0 amide bonds. The summed E-state index contributed by atoms with van der Waals surface area (Å²) in [6.45, 7) is 5.44. The van der Waals surface area contributed by atoms with Crippen molar-refractivity contribution in [1.82, 2.24) is 29.8 Å². The molecule has 0 radical (unpaired) electrons. The largest absolute Gasteiger partial charge is 0.328 e. The monoisotopic (exact) mass is 464 g/mol. The standard InChI is InChI=1S/C28H28N6O/c1-3-20(2)26-19-33(17-21-9-5-4-6-10-21)28(35)34(26)18-22-13-15-23(16-14-22)24-11-7-8-12-25(24)27-29-31-32-30-27/h4-16,19-20H,3,17-18H2,1-2H3,(H,29,30,31,32). The molecule has 0 fully saturated rings. The van der Waals surface area contributed by atoms with Crippen LogP contribution < -0.4 is 5.69 Å². The maximum Gasteiger partial charge on any atom is 0.328 e. The van der Waals surface area contributed by atoms with Gasteiger partial charge in [-0.25, -0.2) is 9.89 Å². The van der Waals surface area contributed by atoms with Crippen molar-refractivity contribution >= 4 is 0 Å². The van der Waals surface area contributed by atoms with Gasteiger partial charge in [-0.2, -0.15) is 0 Å². The van der Waals surface area contributed by atoms with E-state index in [9.17, 15) is 4.79 Å². The topological polar surface area (TPSA) is 81.4 Å². The molecule has 0 aliphatic rings. The lowest BCUT2D eigenvalue weighted by Crippen LogP contribution is -2.26. The molecule has 2 aromatic heterocycles. The first-order valence-corrected chi connectivity index (χ1v) is 11.9. The summed E-state index contributed by atoms with van der Waals surface area (Å²) >= 11 is 0. The summed E-state index contributed by atoms with van der Waals surface area (Å²) < 4.78 is 3.74. The highest BCUT2D eigenvalue weighted by atomic mass is 16.1. The molecule has 2 heterocycles. The minimum Gasteiger partial charge on any atom is -0.295 e. The van der Waals surface area contributed by atoms with E-state index in [2.05, 4.69) is 76.9 Å². The second-order valence-corrected chi connectivity index (χ2v) is 8.84. The highest BCUT2D eigenvalue weighted by Crippen LogP contribution is 2.30. The van der Waals surface area contributed by atoms with Crippen molar-refractivity contribution in [1.29, 1.82) is 0 Å². The molecule has 1 atom stereocenters. The number of nitrogens with zero attached hydrogens (tertiary/aromatic N) is 5. The van der Waals surface area contributed by atoms with Gasteiger partial charge in [0.1, 0.15) is 0 Å². The van der Waals surface area contributed by atoms with Crippen LogP contribution in [-0.4, -0.2) is 29.8 Å². The van der Waals surface area contributed by atoms with Gasteiger partial charge in [-0.15, -0.1) is 5.10 Å². The van der Waals surface area contributed by atoms with Crippen molar-refractivity contribution in [2.24, 2.45) is 0 Å². The molecule has 0 spiro atoms. The van der Waals surface area contributed by atoms with Gasteiger partial charge in [-0.3, -0.25) is 9.13 Å². The predicted molar refractivity (Wildman–Crippen MR) is 137 cm³/mol. The Bertz CT molecular complexity index is 1450. The third kappa shape index (κ3) is 4.71. The van der Waals surface area contributed by atoms with Crippen LogP contribution in [0.5, 0.6) is 0 Å². The molecular formula is C28H28N6O. The molecule has 35 heavy (non-hydrogen) atoms. The molecule has 1 unspecified atom stereocenters. The molecule has 7 heteroatoms. The van der Waals surface area contributed by atoms with Crippen LogP contribution in [0, 0.1) is 0 Å². The molecule has 5 rings (SSSR count). The van der Waals surface area contributed by atoms with E-state index in [-0.39, 0.29) is 5.69 Å². The Labute approximate surface area is 204 Å². The lowest BCUT2D eigenvalue weighted by atomic mass is 9.98. The van der Waals surface area contributed by atoms with E-state index < -0.39 is 0 Å². The van der Waals surface area contributed by atoms with Crippen LogP contribution in [0.2, 0.25) is 0 Å². The SMILES string of the molecule is CCC(C)c1cn(Cc2ccccc2)c(=O)n1Cc1ccc(-c2ccccc2-c2nnn[nH]2)cc1. The van der Waals surface area contributed by atoms with E-state index >= 15 is 0 Å². The van der Waals surface area contributed by atoms with E-state index in [1.165, 1.54) is 0 Å². The Hall–Kier alpha value is -4.26. The molecule has 0 saturated carbocycles. The average molecular weight is 465 g/mol. The molecule has 7 nitrogen and oxygen atoms in total. The van der Waals surface area contributed by atoms with Gasteiger partial charge in [0, 0.05) is 17.5 Å². The number of hydrogen-bond acceptors (Lipinski definition) is 4. The molecule has 0 bridgehead atoms. The molecule has 5 aromatic rings. The maximum absolute atomic E-state index is 13.4. The summed E-state index contributed by atoms with van der Waals surface area (Å²) in [5.41, 5.74) is 6.35. The number of aromatic amines is 1. The number of imidazole rings is 1. The zero-order valence-corrected chi connectivity index (χ0v) is 19.9. The number of hydrogen-bond donors (Lipinski definition) is 1. The summed E-state index contributed by atoms with van der Waals surface area (Å²) in [7, 11) is 0. The Balaban J connectivity index is 1.45. The van der Waals surface area contributed by atoms with Crippen LogP contribution in [0.1, 0.15) is 43.0 Å². The van der Waals surface area contributed by atoms with Gasteiger partial charge in [0.2, 0.25) is 0 Å². The Morgan fingerprint density at radius 3 is 2.23 bits per heavy atom. The number of nitrogens with one attached hydrogen (secondary N) is 1. The number of benzene rings is 3. The van der Waals surface area contributed by atoms with Crippen LogP contribution >= 0.6 is 0 Å². The minimum atomic E-state index is 0.0244. The van der Waals surface area contributed by atoms with Gasteiger partial charge < -0.3 is 0 Å². The minimum absolute atomic E-state index is 0.0244. The van der Waals surface area contributed by atoms with Crippen molar-refractivity contribution in [2.45, 2.75) is 39.3 Å². The smallest absolute Gasteiger partial charge is 0.295 e. The molecule has 176 valence electrons. The van der Waals surface area contributed by atoms with Crippen LogP contribution in [0.4, 0.5) is 0 Å². The van der Waals surface area contributed by atoms with Gasteiger partial charge >= 0.3 is 5.69 Å². The zero-order chi connectivity index (χ0) is 24.2. The van der Waals surface area contributed by atoms with Crippen LogP contribution in [0.15, 0.2) is 89.9 Å². The summed E-state index contributed by atoms with van der Waals surface area (Å²) in [6.07, 6.45) is 3.00. The highest BCUT2D eigenvalue weighted by Gasteiger charge is 2.17. The van der Waals surface area contributed by atoms with E-state index in [0.29, 0.717) is 24.8 Å². The summed E-state index contributed by atoms with van der Waals surface area (Å²) in [6, 6.07) is 26.5. The van der Waals surface area contributed by atoms with Gasteiger partial charge in [0.15, 0.2) is 5.82 Å². The average Bonchev–Trinajstić information content (AvgIpc) is 3.54. The normalized spacial score (nSPS) is 12.1. The van der Waals surface area contributed by atoms with Crippen molar-refractivity contribution in [3.8, 4) is 22.5 Å².